The van der Waals surface area contributed by atoms with Crippen molar-refractivity contribution in [1.29, 1.82) is 0 Å². The number of pyridine rings is 1. The summed E-state index contributed by atoms with van der Waals surface area (Å²) < 4.78 is 5.95. The first-order chi connectivity index (χ1) is 15.5. The van der Waals surface area contributed by atoms with Gasteiger partial charge in [0.05, 0.1) is 17.5 Å². The average molecular weight is 434 g/mol. The van der Waals surface area contributed by atoms with Gasteiger partial charge in [-0.2, -0.15) is 0 Å². The molecule has 32 heavy (non-hydrogen) atoms. The quantitative estimate of drug-likeness (QED) is 0.350. The number of amides is 2. The summed E-state index contributed by atoms with van der Waals surface area (Å²) in [6, 6.07) is 16.5. The van der Waals surface area contributed by atoms with Crippen LogP contribution in [0.2, 0.25) is 0 Å². The third-order valence-corrected chi connectivity index (χ3v) is 5.69. The van der Waals surface area contributed by atoms with E-state index < -0.39 is 17.9 Å². The summed E-state index contributed by atoms with van der Waals surface area (Å²) >= 11 is 0. The normalized spacial score (nSPS) is 18.2. The maximum Gasteiger partial charge on any atom is 0.251 e. The summed E-state index contributed by atoms with van der Waals surface area (Å²) in [5, 5.41) is 16.0. The number of ether oxygens (including phenoxy) is 1. The number of aryl methyl sites for hydroxylation is 1. The van der Waals surface area contributed by atoms with Crippen molar-refractivity contribution in [2.75, 3.05) is 13.1 Å². The molecule has 0 aliphatic carbocycles. The molecule has 0 unspecified atom stereocenters. The molecule has 0 bridgehead atoms. The fourth-order valence-electron chi connectivity index (χ4n) is 4.04. The van der Waals surface area contributed by atoms with Gasteiger partial charge in [0.2, 0.25) is 5.91 Å². The fourth-order valence-corrected chi connectivity index (χ4v) is 4.04. The minimum absolute atomic E-state index is 0.281. The molecule has 8 nitrogen and oxygen atoms in total. The molecule has 1 fully saturated rings. The number of hydrogen-bond donors (Lipinski definition) is 4. The SMILES string of the molecule is Cc1cc(COc2ccc(C(=O)N[C@H]3CNCC[C@@H]3C(=O)NO)cc2)c2ccccc2n1. The van der Waals surface area contributed by atoms with Crippen LogP contribution in [-0.4, -0.2) is 41.1 Å². The summed E-state index contributed by atoms with van der Waals surface area (Å²) in [6.07, 6.45) is 0.535. The highest BCUT2D eigenvalue weighted by Gasteiger charge is 2.32. The Morgan fingerprint density at radius 2 is 1.97 bits per heavy atom. The Morgan fingerprint density at radius 1 is 1.19 bits per heavy atom. The predicted octanol–water partition coefficient (Wildman–Crippen LogP) is 2.34. The largest absolute Gasteiger partial charge is 0.489 e. The lowest BCUT2D eigenvalue weighted by Gasteiger charge is -2.31. The van der Waals surface area contributed by atoms with Crippen LogP contribution in [0.25, 0.3) is 10.9 Å². The van der Waals surface area contributed by atoms with Gasteiger partial charge in [-0.15, -0.1) is 0 Å². The molecule has 166 valence electrons. The average Bonchev–Trinajstić information content (AvgIpc) is 2.82. The molecule has 1 saturated heterocycles. The number of hydroxylamine groups is 1. The van der Waals surface area contributed by atoms with Crippen molar-refractivity contribution < 1.29 is 19.5 Å². The van der Waals surface area contributed by atoms with Gasteiger partial charge in [-0.1, -0.05) is 18.2 Å². The Labute approximate surface area is 186 Å². The lowest BCUT2D eigenvalue weighted by Crippen LogP contribution is -2.55. The monoisotopic (exact) mass is 434 g/mol. The van der Waals surface area contributed by atoms with Crippen LogP contribution in [0.1, 0.15) is 28.0 Å². The van der Waals surface area contributed by atoms with E-state index in [-0.39, 0.29) is 5.91 Å². The minimum Gasteiger partial charge on any atom is -0.489 e. The maximum atomic E-state index is 12.7. The second-order valence-corrected chi connectivity index (χ2v) is 7.91. The molecule has 3 aromatic rings. The molecule has 2 aromatic carbocycles. The minimum atomic E-state index is -0.487. The topological polar surface area (TPSA) is 113 Å². The number of fused-ring (bicyclic) bond motifs is 1. The van der Waals surface area contributed by atoms with Crippen LogP contribution in [0.15, 0.2) is 54.6 Å². The van der Waals surface area contributed by atoms with Crippen LogP contribution in [0, 0.1) is 12.8 Å². The van der Waals surface area contributed by atoms with E-state index in [0.717, 1.165) is 22.2 Å². The van der Waals surface area contributed by atoms with Crippen molar-refractivity contribution in [2.45, 2.75) is 26.0 Å². The molecule has 0 spiro atoms. The van der Waals surface area contributed by atoms with Gasteiger partial charge in [0.1, 0.15) is 12.4 Å². The Bertz CT molecular complexity index is 1120. The summed E-state index contributed by atoms with van der Waals surface area (Å²) in [5.74, 6) is -0.598. The third-order valence-electron chi connectivity index (χ3n) is 5.69. The number of carbonyl (C=O) groups excluding carboxylic acids is 2. The number of aromatic nitrogens is 1. The molecule has 2 heterocycles. The standard InChI is InChI=1S/C24H26N4O4/c1-15-12-17(19-4-2-3-5-21(19)26-15)14-32-18-8-6-16(7-9-18)23(29)27-22-13-25-11-10-20(22)24(30)28-31/h2-9,12,20,22,25,31H,10-11,13-14H2,1H3,(H,27,29)(H,28,30)/t20-,22-/m0/s1. The van der Waals surface area contributed by atoms with E-state index in [2.05, 4.69) is 15.6 Å². The fraction of sp³-hybridized carbons (Fsp3) is 0.292. The molecule has 2 amide bonds. The molecule has 0 saturated carbocycles. The molecule has 4 N–H and O–H groups in total. The third kappa shape index (κ3) is 4.87. The second-order valence-electron chi connectivity index (χ2n) is 7.91. The van der Waals surface area contributed by atoms with Crippen LogP contribution in [0.4, 0.5) is 0 Å². The first kappa shape index (κ1) is 21.7. The van der Waals surface area contributed by atoms with E-state index >= 15 is 0 Å². The highest BCUT2D eigenvalue weighted by Crippen LogP contribution is 2.21. The number of para-hydroxylation sites is 1. The lowest BCUT2D eigenvalue weighted by molar-refractivity contribution is -0.134. The summed E-state index contributed by atoms with van der Waals surface area (Å²) in [5.41, 5.74) is 5.07. The molecule has 4 rings (SSSR count). The Balaban J connectivity index is 1.40. The number of carbonyl (C=O) groups is 2. The number of piperidine rings is 1. The summed E-state index contributed by atoms with van der Waals surface area (Å²) in [4.78, 5) is 29.1. The van der Waals surface area contributed by atoms with Crippen molar-refractivity contribution in [3.63, 3.8) is 0 Å². The van der Waals surface area contributed by atoms with Gasteiger partial charge in [-0.25, -0.2) is 5.48 Å². The van der Waals surface area contributed by atoms with Crippen LogP contribution in [0.5, 0.6) is 5.75 Å². The van der Waals surface area contributed by atoms with Crippen molar-refractivity contribution in [3.05, 3.63) is 71.4 Å². The molecular formula is C24H26N4O4. The zero-order valence-corrected chi connectivity index (χ0v) is 17.8. The molecule has 0 radical (unpaired) electrons. The zero-order chi connectivity index (χ0) is 22.5. The smallest absolute Gasteiger partial charge is 0.251 e. The van der Waals surface area contributed by atoms with Gasteiger partial charge in [0.25, 0.3) is 5.91 Å². The van der Waals surface area contributed by atoms with Crippen LogP contribution in [0.3, 0.4) is 0 Å². The molecule has 1 aliphatic heterocycles. The number of benzene rings is 2. The second kappa shape index (κ2) is 9.76. The van der Waals surface area contributed by atoms with E-state index in [1.807, 2.05) is 37.3 Å². The van der Waals surface area contributed by atoms with Crippen molar-refractivity contribution in [2.24, 2.45) is 5.92 Å². The van der Waals surface area contributed by atoms with Crippen molar-refractivity contribution in [1.82, 2.24) is 21.1 Å². The number of hydrogen-bond acceptors (Lipinski definition) is 6. The van der Waals surface area contributed by atoms with Gasteiger partial charge in [0, 0.05) is 28.8 Å². The van der Waals surface area contributed by atoms with E-state index in [0.29, 0.717) is 37.4 Å². The molecule has 1 aromatic heterocycles. The molecule has 8 heteroatoms. The van der Waals surface area contributed by atoms with Gasteiger partial charge >= 0.3 is 0 Å². The summed E-state index contributed by atoms with van der Waals surface area (Å²) in [7, 11) is 0. The van der Waals surface area contributed by atoms with Crippen LogP contribution >= 0.6 is 0 Å². The first-order valence-electron chi connectivity index (χ1n) is 10.6. The highest BCUT2D eigenvalue weighted by atomic mass is 16.5. The van der Waals surface area contributed by atoms with E-state index in [4.69, 9.17) is 9.94 Å². The highest BCUT2D eigenvalue weighted by molar-refractivity contribution is 5.95. The van der Waals surface area contributed by atoms with E-state index in [9.17, 15) is 9.59 Å². The van der Waals surface area contributed by atoms with E-state index in [1.165, 1.54) is 0 Å². The maximum absolute atomic E-state index is 12.7. The molecular weight excluding hydrogens is 408 g/mol. The zero-order valence-electron chi connectivity index (χ0n) is 17.8. The Kier molecular flexibility index (Phi) is 6.63. The van der Waals surface area contributed by atoms with Crippen LogP contribution < -0.4 is 20.9 Å². The summed E-state index contributed by atoms with van der Waals surface area (Å²) in [6.45, 7) is 3.47. The first-order valence-corrected chi connectivity index (χ1v) is 10.6. The Hall–Kier alpha value is -3.49. The Morgan fingerprint density at radius 3 is 2.75 bits per heavy atom. The number of nitrogens with zero attached hydrogens (tertiary/aromatic N) is 1. The van der Waals surface area contributed by atoms with Crippen molar-refractivity contribution >= 4 is 22.7 Å². The van der Waals surface area contributed by atoms with Gasteiger partial charge < -0.3 is 15.4 Å². The lowest BCUT2D eigenvalue weighted by atomic mass is 9.91. The predicted molar refractivity (Wildman–Crippen MR) is 119 cm³/mol. The van der Waals surface area contributed by atoms with Gasteiger partial charge in [-0.05, 0) is 56.3 Å². The van der Waals surface area contributed by atoms with Gasteiger partial charge in [-0.3, -0.25) is 19.8 Å². The van der Waals surface area contributed by atoms with E-state index in [1.54, 1.807) is 29.7 Å². The van der Waals surface area contributed by atoms with Gasteiger partial charge in [0.15, 0.2) is 0 Å². The number of nitrogens with one attached hydrogen (secondary N) is 3. The number of rotatable bonds is 6. The van der Waals surface area contributed by atoms with Crippen LogP contribution in [-0.2, 0) is 11.4 Å². The van der Waals surface area contributed by atoms with Crippen molar-refractivity contribution in [3.8, 4) is 5.75 Å². The molecule has 2 atom stereocenters. The molecule has 1 aliphatic rings.